The van der Waals surface area contributed by atoms with Crippen LogP contribution in [0.1, 0.15) is 27.3 Å². The number of halogens is 1. The van der Waals surface area contributed by atoms with Gasteiger partial charge in [0.25, 0.3) is 5.91 Å². The summed E-state index contributed by atoms with van der Waals surface area (Å²) in [4.78, 5) is 14.1. The highest BCUT2D eigenvalue weighted by atomic mass is 35.5. The van der Waals surface area contributed by atoms with Crippen LogP contribution >= 0.6 is 22.9 Å². The van der Waals surface area contributed by atoms with E-state index in [4.69, 9.17) is 21.1 Å². The van der Waals surface area contributed by atoms with E-state index in [0.717, 1.165) is 27.9 Å². The molecule has 0 atom stereocenters. The smallest absolute Gasteiger partial charge is 0.261 e. The number of benzene rings is 1. The van der Waals surface area contributed by atoms with E-state index in [1.807, 2.05) is 41.9 Å². The van der Waals surface area contributed by atoms with Gasteiger partial charge in [-0.25, -0.2) is 0 Å². The number of methoxy groups -OCH3 is 1. The van der Waals surface area contributed by atoms with Gasteiger partial charge in [-0.15, -0.1) is 11.3 Å². The van der Waals surface area contributed by atoms with Crippen LogP contribution in [0.3, 0.4) is 0 Å². The number of nitrogens with one attached hydrogen (secondary N) is 1. The Balaban J connectivity index is 1.62. The second-order valence-electron chi connectivity index (χ2n) is 6.38. The Hall–Kier alpha value is -1.93. The lowest BCUT2D eigenvalue weighted by molar-refractivity contribution is 0.0688. The molecule has 2 heterocycles. The molecule has 0 saturated carbocycles. The third-order valence-corrected chi connectivity index (χ3v) is 5.81. The van der Waals surface area contributed by atoms with Gasteiger partial charge in [-0.05, 0) is 31.0 Å². The Morgan fingerprint density at radius 2 is 2.11 bits per heavy atom. The number of carbonyl (C=O) groups excluding carboxylic acids is 1. The fourth-order valence-corrected chi connectivity index (χ4v) is 4.10. The van der Waals surface area contributed by atoms with E-state index in [1.54, 1.807) is 7.11 Å². The molecular formula is C20H24ClN3O3S. The van der Waals surface area contributed by atoms with Gasteiger partial charge in [0.15, 0.2) is 0 Å². The van der Waals surface area contributed by atoms with Crippen LogP contribution in [0.25, 0.3) is 10.2 Å². The van der Waals surface area contributed by atoms with Crippen molar-refractivity contribution >= 4 is 39.1 Å². The summed E-state index contributed by atoms with van der Waals surface area (Å²) in [6.07, 6.45) is 0.764. The molecule has 3 rings (SSSR count). The SMILES string of the molecule is COCCOCCCNC(=O)c1cc2c(C)nn(Cc3ccccc3Cl)c2s1. The van der Waals surface area contributed by atoms with E-state index in [1.165, 1.54) is 11.3 Å². The quantitative estimate of drug-likeness (QED) is 0.504. The highest BCUT2D eigenvalue weighted by molar-refractivity contribution is 7.20. The zero-order valence-corrected chi connectivity index (χ0v) is 17.6. The van der Waals surface area contributed by atoms with Crippen molar-refractivity contribution in [3.63, 3.8) is 0 Å². The molecule has 0 bridgehead atoms. The summed E-state index contributed by atoms with van der Waals surface area (Å²) < 4.78 is 12.2. The van der Waals surface area contributed by atoms with E-state index in [0.29, 0.717) is 42.8 Å². The van der Waals surface area contributed by atoms with Gasteiger partial charge >= 0.3 is 0 Å². The summed E-state index contributed by atoms with van der Waals surface area (Å²) in [5, 5.41) is 9.27. The lowest BCUT2D eigenvalue weighted by Gasteiger charge is -2.06. The van der Waals surface area contributed by atoms with Gasteiger partial charge in [-0.3, -0.25) is 9.48 Å². The van der Waals surface area contributed by atoms with Crippen molar-refractivity contribution in [3.8, 4) is 0 Å². The number of ether oxygens (including phenoxy) is 2. The number of carbonyl (C=O) groups is 1. The molecule has 8 heteroatoms. The second kappa shape index (κ2) is 10.0. The van der Waals surface area contributed by atoms with Gasteiger partial charge < -0.3 is 14.8 Å². The van der Waals surface area contributed by atoms with E-state index in [-0.39, 0.29) is 5.91 Å². The first-order valence-corrected chi connectivity index (χ1v) is 10.3. The normalized spacial score (nSPS) is 11.2. The molecule has 3 aromatic rings. The number of amides is 1. The monoisotopic (exact) mass is 421 g/mol. The summed E-state index contributed by atoms with van der Waals surface area (Å²) in [6.45, 7) is 4.86. The van der Waals surface area contributed by atoms with E-state index >= 15 is 0 Å². The Morgan fingerprint density at radius 1 is 1.29 bits per heavy atom. The maximum atomic E-state index is 12.5. The molecule has 1 N–H and O–H groups in total. The Labute approximate surface area is 173 Å². The lowest BCUT2D eigenvalue weighted by Crippen LogP contribution is -2.24. The fourth-order valence-electron chi connectivity index (χ4n) is 2.83. The maximum absolute atomic E-state index is 12.5. The van der Waals surface area contributed by atoms with E-state index in [9.17, 15) is 4.79 Å². The number of hydrogen-bond donors (Lipinski definition) is 1. The third-order valence-electron chi connectivity index (χ3n) is 4.29. The molecular weight excluding hydrogens is 398 g/mol. The number of nitrogens with zero attached hydrogens (tertiary/aromatic N) is 2. The van der Waals surface area contributed by atoms with Gasteiger partial charge in [0.1, 0.15) is 4.83 Å². The molecule has 0 saturated heterocycles. The molecule has 2 aromatic heterocycles. The minimum absolute atomic E-state index is 0.0678. The molecule has 0 aliphatic heterocycles. The number of rotatable bonds is 10. The summed E-state index contributed by atoms with van der Waals surface area (Å²) in [5.41, 5.74) is 1.91. The van der Waals surface area contributed by atoms with Crippen molar-refractivity contribution in [2.24, 2.45) is 0 Å². The Bertz CT molecular complexity index is 938. The van der Waals surface area contributed by atoms with Crippen LogP contribution in [0.4, 0.5) is 0 Å². The molecule has 0 unspecified atom stereocenters. The van der Waals surface area contributed by atoms with E-state index in [2.05, 4.69) is 10.4 Å². The van der Waals surface area contributed by atoms with Crippen molar-refractivity contribution in [2.75, 3.05) is 33.5 Å². The van der Waals surface area contributed by atoms with Crippen LogP contribution in [0.15, 0.2) is 30.3 Å². The fraction of sp³-hybridized carbons (Fsp3) is 0.400. The second-order valence-corrected chi connectivity index (χ2v) is 7.82. The molecule has 0 fully saturated rings. The lowest BCUT2D eigenvalue weighted by atomic mass is 10.2. The molecule has 0 radical (unpaired) electrons. The first-order valence-electron chi connectivity index (χ1n) is 9.15. The van der Waals surface area contributed by atoms with Gasteiger partial charge in [0.2, 0.25) is 0 Å². The zero-order valence-electron chi connectivity index (χ0n) is 16.0. The number of aryl methyl sites for hydroxylation is 1. The summed E-state index contributed by atoms with van der Waals surface area (Å²) >= 11 is 7.73. The van der Waals surface area contributed by atoms with Crippen LogP contribution in [0.2, 0.25) is 5.02 Å². The predicted octanol–water partition coefficient (Wildman–Crippen LogP) is 3.89. The predicted molar refractivity (Wildman–Crippen MR) is 113 cm³/mol. The maximum Gasteiger partial charge on any atom is 0.261 e. The molecule has 28 heavy (non-hydrogen) atoms. The van der Waals surface area contributed by atoms with Crippen molar-refractivity contribution < 1.29 is 14.3 Å². The molecule has 1 amide bonds. The highest BCUT2D eigenvalue weighted by Crippen LogP contribution is 2.29. The Morgan fingerprint density at radius 3 is 2.89 bits per heavy atom. The average Bonchev–Trinajstić information content (AvgIpc) is 3.24. The molecule has 1 aromatic carbocycles. The molecule has 150 valence electrons. The zero-order chi connectivity index (χ0) is 19.9. The van der Waals surface area contributed by atoms with Gasteiger partial charge in [-0.1, -0.05) is 29.8 Å². The molecule has 0 aliphatic rings. The number of thiophene rings is 1. The largest absolute Gasteiger partial charge is 0.382 e. The highest BCUT2D eigenvalue weighted by Gasteiger charge is 2.16. The topological polar surface area (TPSA) is 65.4 Å². The third kappa shape index (κ3) is 5.11. The average molecular weight is 422 g/mol. The molecule has 0 aliphatic carbocycles. The van der Waals surface area contributed by atoms with Crippen LogP contribution < -0.4 is 5.32 Å². The van der Waals surface area contributed by atoms with Gasteiger partial charge in [0.05, 0.1) is 30.3 Å². The minimum Gasteiger partial charge on any atom is -0.382 e. The first kappa shape index (κ1) is 20.8. The number of fused-ring (bicyclic) bond motifs is 1. The van der Waals surface area contributed by atoms with Crippen LogP contribution in [-0.4, -0.2) is 49.2 Å². The van der Waals surface area contributed by atoms with Crippen molar-refractivity contribution in [1.29, 1.82) is 0 Å². The molecule has 0 spiro atoms. The number of aromatic nitrogens is 2. The van der Waals surface area contributed by atoms with Crippen LogP contribution in [0.5, 0.6) is 0 Å². The summed E-state index contributed by atoms with van der Waals surface area (Å²) in [6, 6.07) is 9.64. The van der Waals surface area contributed by atoms with Gasteiger partial charge in [0, 0.05) is 30.7 Å². The first-order chi connectivity index (χ1) is 13.6. The summed E-state index contributed by atoms with van der Waals surface area (Å²) in [7, 11) is 1.64. The van der Waals surface area contributed by atoms with Crippen LogP contribution in [-0.2, 0) is 16.0 Å². The standard InChI is InChI=1S/C20H24ClN3O3S/c1-14-16-12-18(19(25)22-8-5-9-27-11-10-26-2)28-20(16)24(23-14)13-15-6-3-4-7-17(15)21/h3-4,6-7,12H,5,8-11,13H2,1-2H3,(H,22,25). The van der Waals surface area contributed by atoms with E-state index < -0.39 is 0 Å². The van der Waals surface area contributed by atoms with Crippen molar-refractivity contribution in [1.82, 2.24) is 15.1 Å². The van der Waals surface area contributed by atoms with Crippen molar-refractivity contribution in [2.45, 2.75) is 19.9 Å². The van der Waals surface area contributed by atoms with Crippen LogP contribution in [0, 0.1) is 6.92 Å². The molecule has 6 nitrogen and oxygen atoms in total. The minimum atomic E-state index is -0.0678. The number of hydrogen-bond acceptors (Lipinski definition) is 5. The Kier molecular flexibility index (Phi) is 7.44. The summed E-state index contributed by atoms with van der Waals surface area (Å²) in [5.74, 6) is -0.0678. The van der Waals surface area contributed by atoms with Crippen molar-refractivity contribution in [3.05, 3.63) is 51.5 Å². The van der Waals surface area contributed by atoms with Gasteiger partial charge in [-0.2, -0.15) is 5.10 Å².